The van der Waals surface area contributed by atoms with Crippen LogP contribution in [0.4, 0.5) is 5.95 Å². The Morgan fingerprint density at radius 3 is 2.38 bits per heavy atom. The first kappa shape index (κ1) is 9.92. The molecule has 0 unspecified atom stereocenters. The molecule has 0 aliphatic rings. The van der Waals surface area contributed by atoms with Crippen molar-refractivity contribution in [2.24, 2.45) is 0 Å². The van der Waals surface area contributed by atoms with Crippen molar-refractivity contribution in [2.45, 2.75) is 26.3 Å². The number of aromatic nitrogens is 2. The summed E-state index contributed by atoms with van der Waals surface area (Å²) >= 11 is 0. The van der Waals surface area contributed by atoms with Gasteiger partial charge in [0.15, 0.2) is 0 Å². The van der Waals surface area contributed by atoms with Gasteiger partial charge in [0, 0.05) is 12.4 Å². The summed E-state index contributed by atoms with van der Waals surface area (Å²) in [6, 6.07) is 0. The summed E-state index contributed by atoms with van der Waals surface area (Å²) in [6.45, 7) is 5.75. The molecule has 1 aromatic heterocycles. The summed E-state index contributed by atoms with van der Waals surface area (Å²) in [5.74, 6) is 0.546. The fraction of sp³-hybridized carbons (Fsp3) is 0.556. The minimum atomic E-state index is -0.380. The Kier molecular flexibility index (Phi) is 2.83. The summed E-state index contributed by atoms with van der Waals surface area (Å²) in [7, 11) is 0. The van der Waals surface area contributed by atoms with Crippen LogP contribution in [0.5, 0.6) is 0 Å². The first-order valence-corrected chi connectivity index (χ1v) is 4.21. The van der Waals surface area contributed by atoms with Gasteiger partial charge in [-0.2, -0.15) is 0 Å². The average Bonchev–Trinajstić information content (AvgIpc) is 2.09. The minimum absolute atomic E-state index is 0.0459. The molecule has 1 heterocycles. The third kappa shape index (κ3) is 2.99. The zero-order chi connectivity index (χ0) is 9.90. The predicted molar refractivity (Wildman–Crippen MR) is 51.6 cm³/mol. The average molecular weight is 181 g/mol. The van der Waals surface area contributed by atoms with Gasteiger partial charge in [-0.25, -0.2) is 9.97 Å². The van der Waals surface area contributed by atoms with E-state index in [0.717, 1.165) is 5.56 Å². The van der Waals surface area contributed by atoms with Crippen molar-refractivity contribution in [2.75, 3.05) is 11.9 Å². The smallest absolute Gasteiger partial charge is 0.223 e. The van der Waals surface area contributed by atoms with Crippen LogP contribution < -0.4 is 5.32 Å². The number of rotatable bonds is 3. The highest BCUT2D eigenvalue weighted by atomic mass is 16.3. The van der Waals surface area contributed by atoms with Crippen molar-refractivity contribution >= 4 is 5.95 Å². The SMILES string of the molecule is Cc1cnc(NC(C)(C)CO)nc1. The molecule has 72 valence electrons. The first-order chi connectivity index (χ1) is 6.03. The largest absolute Gasteiger partial charge is 0.394 e. The summed E-state index contributed by atoms with van der Waals surface area (Å²) < 4.78 is 0. The minimum Gasteiger partial charge on any atom is -0.394 e. The Bertz CT molecular complexity index is 269. The van der Waals surface area contributed by atoms with Gasteiger partial charge in [-0.3, -0.25) is 0 Å². The fourth-order valence-electron chi connectivity index (χ4n) is 0.799. The molecule has 0 spiro atoms. The number of aliphatic hydroxyl groups is 1. The number of hydrogen-bond donors (Lipinski definition) is 2. The van der Waals surface area contributed by atoms with E-state index >= 15 is 0 Å². The van der Waals surface area contributed by atoms with Crippen molar-refractivity contribution < 1.29 is 5.11 Å². The number of aliphatic hydroxyl groups excluding tert-OH is 1. The zero-order valence-electron chi connectivity index (χ0n) is 8.20. The summed E-state index contributed by atoms with van der Waals surface area (Å²) in [4.78, 5) is 8.16. The fourth-order valence-corrected chi connectivity index (χ4v) is 0.799. The van der Waals surface area contributed by atoms with E-state index in [1.54, 1.807) is 12.4 Å². The van der Waals surface area contributed by atoms with E-state index < -0.39 is 0 Å². The second kappa shape index (κ2) is 3.70. The number of hydrogen-bond acceptors (Lipinski definition) is 4. The number of nitrogens with one attached hydrogen (secondary N) is 1. The van der Waals surface area contributed by atoms with Crippen molar-refractivity contribution in [1.82, 2.24) is 9.97 Å². The Morgan fingerprint density at radius 1 is 1.38 bits per heavy atom. The van der Waals surface area contributed by atoms with Crippen LogP contribution in [0.2, 0.25) is 0 Å². The Balaban J connectivity index is 2.69. The van der Waals surface area contributed by atoms with Gasteiger partial charge < -0.3 is 10.4 Å². The van der Waals surface area contributed by atoms with Crippen LogP contribution in [-0.4, -0.2) is 27.2 Å². The maximum atomic E-state index is 8.99. The lowest BCUT2D eigenvalue weighted by Crippen LogP contribution is -2.35. The molecule has 1 rings (SSSR count). The quantitative estimate of drug-likeness (QED) is 0.729. The van der Waals surface area contributed by atoms with E-state index in [4.69, 9.17) is 5.11 Å². The maximum absolute atomic E-state index is 8.99. The Morgan fingerprint density at radius 2 is 1.92 bits per heavy atom. The first-order valence-electron chi connectivity index (χ1n) is 4.21. The molecule has 0 atom stereocenters. The van der Waals surface area contributed by atoms with E-state index in [2.05, 4.69) is 15.3 Å². The van der Waals surface area contributed by atoms with Gasteiger partial charge in [0.25, 0.3) is 0 Å². The van der Waals surface area contributed by atoms with Crippen LogP contribution in [0.1, 0.15) is 19.4 Å². The second-order valence-electron chi connectivity index (χ2n) is 3.75. The van der Waals surface area contributed by atoms with Gasteiger partial charge >= 0.3 is 0 Å². The standard InChI is InChI=1S/C9H15N3O/c1-7-4-10-8(11-5-7)12-9(2,3)6-13/h4-5,13H,6H2,1-3H3,(H,10,11,12). The van der Waals surface area contributed by atoms with E-state index in [1.165, 1.54) is 0 Å². The van der Waals surface area contributed by atoms with Crippen LogP contribution in [-0.2, 0) is 0 Å². The topological polar surface area (TPSA) is 58.0 Å². The molecule has 0 radical (unpaired) electrons. The highest BCUT2D eigenvalue weighted by Gasteiger charge is 2.16. The Hall–Kier alpha value is -1.16. The van der Waals surface area contributed by atoms with E-state index in [-0.39, 0.29) is 12.1 Å². The normalized spacial score (nSPS) is 11.4. The lowest BCUT2D eigenvalue weighted by atomic mass is 10.1. The molecular weight excluding hydrogens is 166 g/mol. The number of nitrogens with zero attached hydrogens (tertiary/aromatic N) is 2. The molecular formula is C9H15N3O. The molecule has 0 bridgehead atoms. The highest BCUT2D eigenvalue weighted by Crippen LogP contribution is 2.08. The molecule has 0 fully saturated rings. The lowest BCUT2D eigenvalue weighted by molar-refractivity contribution is 0.233. The van der Waals surface area contributed by atoms with Crippen molar-refractivity contribution in [3.05, 3.63) is 18.0 Å². The summed E-state index contributed by atoms with van der Waals surface area (Å²) in [5.41, 5.74) is 0.641. The van der Waals surface area contributed by atoms with Crippen molar-refractivity contribution in [3.63, 3.8) is 0 Å². The molecule has 4 nitrogen and oxygen atoms in total. The lowest BCUT2D eigenvalue weighted by Gasteiger charge is -2.23. The monoisotopic (exact) mass is 181 g/mol. The molecule has 4 heteroatoms. The molecule has 0 amide bonds. The maximum Gasteiger partial charge on any atom is 0.223 e. The number of aryl methyl sites for hydroxylation is 1. The van der Waals surface area contributed by atoms with Crippen LogP contribution in [0.15, 0.2) is 12.4 Å². The third-order valence-corrected chi connectivity index (χ3v) is 1.63. The van der Waals surface area contributed by atoms with Gasteiger partial charge in [0.1, 0.15) is 0 Å². The highest BCUT2D eigenvalue weighted by molar-refractivity contribution is 5.28. The third-order valence-electron chi connectivity index (χ3n) is 1.63. The van der Waals surface area contributed by atoms with E-state index in [9.17, 15) is 0 Å². The second-order valence-corrected chi connectivity index (χ2v) is 3.75. The van der Waals surface area contributed by atoms with Crippen LogP contribution >= 0.6 is 0 Å². The molecule has 13 heavy (non-hydrogen) atoms. The molecule has 0 aromatic carbocycles. The molecule has 0 aliphatic carbocycles. The molecule has 0 aliphatic heterocycles. The van der Waals surface area contributed by atoms with E-state index in [0.29, 0.717) is 5.95 Å². The van der Waals surface area contributed by atoms with Crippen molar-refractivity contribution in [1.29, 1.82) is 0 Å². The molecule has 0 saturated heterocycles. The van der Waals surface area contributed by atoms with Crippen LogP contribution in [0, 0.1) is 6.92 Å². The predicted octanol–water partition coefficient (Wildman–Crippen LogP) is 0.968. The van der Waals surface area contributed by atoms with Gasteiger partial charge in [-0.05, 0) is 26.3 Å². The Labute approximate surface area is 78.0 Å². The van der Waals surface area contributed by atoms with Gasteiger partial charge in [0.2, 0.25) is 5.95 Å². The molecule has 1 aromatic rings. The van der Waals surface area contributed by atoms with Gasteiger partial charge in [-0.15, -0.1) is 0 Å². The zero-order valence-corrected chi connectivity index (χ0v) is 8.20. The number of anilines is 1. The van der Waals surface area contributed by atoms with Gasteiger partial charge in [-0.1, -0.05) is 0 Å². The van der Waals surface area contributed by atoms with E-state index in [1.807, 2.05) is 20.8 Å². The van der Waals surface area contributed by atoms with Crippen molar-refractivity contribution in [3.8, 4) is 0 Å². The van der Waals surface area contributed by atoms with Gasteiger partial charge in [0.05, 0.1) is 12.1 Å². The summed E-state index contributed by atoms with van der Waals surface area (Å²) in [6.07, 6.45) is 3.48. The summed E-state index contributed by atoms with van der Waals surface area (Å²) in [5, 5.41) is 12.0. The molecule has 0 saturated carbocycles. The molecule has 2 N–H and O–H groups in total. The van der Waals surface area contributed by atoms with Crippen LogP contribution in [0.25, 0.3) is 0 Å². The van der Waals surface area contributed by atoms with Crippen LogP contribution in [0.3, 0.4) is 0 Å².